The van der Waals surface area contributed by atoms with Gasteiger partial charge in [-0.1, -0.05) is 12.1 Å². The number of alkyl halides is 3. The van der Waals surface area contributed by atoms with Crippen LogP contribution in [-0.4, -0.2) is 23.1 Å². The quantitative estimate of drug-likeness (QED) is 0.782. The lowest BCUT2D eigenvalue weighted by molar-refractivity contribution is -0.137. The van der Waals surface area contributed by atoms with Gasteiger partial charge in [-0.15, -0.1) is 0 Å². The van der Waals surface area contributed by atoms with E-state index in [1.165, 1.54) is 25.0 Å². The molecular formula is C18H17ClF3N3O. The number of hydrogen-bond acceptors (Lipinski definition) is 4. The fourth-order valence-corrected chi connectivity index (χ4v) is 3.30. The van der Waals surface area contributed by atoms with Crippen molar-refractivity contribution < 1.29 is 17.9 Å². The highest BCUT2D eigenvalue weighted by Gasteiger charge is 2.32. The van der Waals surface area contributed by atoms with Crippen molar-refractivity contribution in [3.05, 3.63) is 51.9 Å². The molecule has 1 N–H and O–H groups in total. The highest BCUT2D eigenvalue weighted by Crippen LogP contribution is 2.37. The maximum Gasteiger partial charge on any atom is 0.416 e. The fraction of sp³-hybridized carbons (Fsp3) is 0.444. The second-order valence-corrected chi connectivity index (χ2v) is 7.05. The molecule has 0 amide bonds. The molecule has 1 unspecified atom stereocenters. The standard InChI is InChI=1S/C18H17ClF3N3O/c19-17-24-15-13(11-3-5-12(6-4-11)18(20,21)22)8-26-9-14(15)16(25-17)23-7-10-1-2-10/h3-6,10,13H,1-2,7-9H2,(H,23,24,25). The summed E-state index contributed by atoms with van der Waals surface area (Å²) in [6.07, 6.45) is -1.94. The summed E-state index contributed by atoms with van der Waals surface area (Å²) in [5.74, 6) is 1.04. The number of halogens is 4. The average molecular weight is 384 g/mol. The van der Waals surface area contributed by atoms with E-state index in [4.69, 9.17) is 16.3 Å². The molecule has 0 bridgehead atoms. The summed E-state index contributed by atoms with van der Waals surface area (Å²) in [5.41, 5.74) is 1.58. The largest absolute Gasteiger partial charge is 0.416 e. The van der Waals surface area contributed by atoms with E-state index in [0.29, 0.717) is 36.2 Å². The van der Waals surface area contributed by atoms with E-state index in [1.807, 2.05) is 0 Å². The van der Waals surface area contributed by atoms with Crippen LogP contribution in [0.5, 0.6) is 0 Å². The number of rotatable bonds is 4. The van der Waals surface area contributed by atoms with Crippen LogP contribution >= 0.6 is 11.6 Å². The fourth-order valence-electron chi connectivity index (χ4n) is 3.13. The molecule has 1 aromatic carbocycles. The van der Waals surface area contributed by atoms with Crippen LogP contribution in [0.4, 0.5) is 19.0 Å². The van der Waals surface area contributed by atoms with Gasteiger partial charge in [-0.3, -0.25) is 0 Å². The smallest absolute Gasteiger partial charge is 0.376 e. The molecule has 8 heteroatoms. The summed E-state index contributed by atoms with van der Waals surface area (Å²) in [7, 11) is 0. The molecule has 1 aliphatic carbocycles. The normalized spacial score (nSPS) is 19.9. The van der Waals surface area contributed by atoms with Crippen molar-refractivity contribution in [2.45, 2.75) is 31.5 Å². The molecule has 4 rings (SSSR count). The van der Waals surface area contributed by atoms with Gasteiger partial charge in [0.2, 0.25) is 5.28 Å². The summed E-state index contributed by atoms with van der Waals surface area (Å²) >= 11 is 6.10. The number of aromatic nitrogens is 2. The molecule has 2 heterocycles. The number of ether oxygens (including phenoxy) is 1. The van der Waals surface area contributed by atoms with Crippen LogP contribution in [0.25, 0.3) is 0 Å². The molecule has 138 valence electrons. The molecule has 0 radical (unpaired) electrons. The van der Waals surface area contributed by atoms with Gasteiger partial charge in [-0.25, -0.2) is 9.97 Å². The number of nitrogens with zero attached hydrogens (tertiary/aromatic N) is 2. The number of nitrogens with one attached hydrogen (secondary N) is 1. The number of fused-ring (bicyclic) bond motifs is 1. The molecule has 2 aromatic rings. The van der Waals surface area contributed by atoms with E-state index in [2.05, 4.69) is 15.3 Å². The third-order valence-corrected chi connectivity index (χ3v) is 4.94. The molecule has 1 saturated carbocycles. The van der Waals surface area contributed by atoms with Crippen molar-refractivity contribution in [3.63, 3.8) is 0 Å². The van der Waals surface area contributed by atoms with Gasteiger partial charge in [0, 0.05) is 12.1 Å². The minimum Gasteiger partial charge on any atom is -0.376 e. The molecule has 4 nitrogen and oxygen atoms in total. The first-order valence-electron chi connectivity index (χ1n) is 8.47. The molecule has 1 aliphatic heterocycles. The van der Waals surface area contributed by atoms with Gasteiger partial charge in [0.25, 0.3) is 0 Å². The van der Waals surface area contributed by atoms with Gasteiger partial charge in [0.1, 0.15) is 5.82 Å². The lowest BCUT2D eigenvalue weighted by atomic mass is 9.91. The van der Waals surface area contributed by atoms with Crippen LogP contribution in [0.15, 0.2) is 24.3 Å². The van der Waals surface area contributed by atoms with Crippen LogP contribution in [0.1, 0.15) is 41.1 Å². The Morgan fingerprint density at radius 3 is 2.54 bits per heavy atom. The Balaban J connectivity index is 1.66. The third kappa shape index (κ3) is 3.64. The summed E-state index contributed by atoms with van der Waals surface area (Å²) in [5, 5.41) is 3.44. The van der Waals surface area contributed by atoms with Crippen molar-refractivity contribution in [1.29, 1.82) is 0 Å². The van der Waals surface area contributed by atoms with Crippen molar-refractivity contribution in [2.75, 3.05) is 18.5 Å². The van der Waals surface area contributed by atoms with Crippen LogP contribution in [0.3, 0.4) is 0 Å². The maximum absolute atomic E-state index is 12.8. The first-order valence-corrected chi connectivity index (χ1v) is 8.84. The number of benzene rings is 1. The van der Waals surface area contributed by atoms with Gasteiger partial charge in [0.05, 0.1) is 30.4 Å². The Bertz CT molecular complexity index is 807. The van der Waals surface area contributed by atoms with Gasteiger partial charge in [-0.2, -0.15) is 13.2 Å². The summed E-state index contributed by atoms with van der Waals surface area (Å²) in [6.45, 7) is 1.52. The molecule has 26 heavy (non-hydrogen) atoms. The monoisotopic (exact) mass is 383 g/mol. The van der Waals surface area contributed by atoms with Crippen LogP contribution in [0, 0.1) is 5.92 Å². The Labute approximate surface area is 153 Å². The Morgan fingerprint density at radius 2 is 1.88 bits per heavy atom. The number of anilines is 1. The maximum atomic E-state index is 12.8. The highest BCUT2D eigenvalue weighted by atomic mass is 35.5. The zero-order valence-electron chi connectivity index (χ0n) is 13.8. The summed E-state index contributed by atoms with van der Waals surface area (Å²) in [6, 6.07) is 5.11. The summed E-state index contributed by atoms with van der Waals surface area (Å²) < 4.78 is 44.1. The van der Waals surface area contributed by atoms with Crippen molar-refractivity contribution in [2.24, 2.45) is 5.92 Å². The van der Waals surface area contributed by atoms with Gasteiger partial charge >= 0.3 is 6.18 Å². The highest BCUT2D eigenvalue weighted by molar-refractivity contribution is 6.28. The van der Waals surface area contributed by atoms with E-state index >= 15 is 0 Å². The van der Waals surface area contributed by atoms with E-state index in [1.54, 1.807) is 0 Å². The zero-order chi connectivity index (χ0) is 18.3. The zero-order valence-corrected chi connectivity index (χ0v) is 14.6. The number of hydrogen-bond donors (Lipinski definition) is 1. The second kappa shape index (κ2) is 6.70. The predicted molar refractivity (Wildman–Crippen MR) is 91.2 cm³/mol. The average Bonchev–Trinajstić information content (AvgIpc) is 3.43. The second-order valence-electron chi connectivity index (χ2n) is 6.72. The molecule has 0 spiro atoms. The molecule has 0 saturated heterocycles. The van der Waals surface area contributed by atoms with Crippen LogP contribution in [0.2, 0.25) is 5.28 Å². The minimum absolute atomic E-state index is 0.126. The van der Waals surface area contributed by atoms with E-state index in [0.717, 1.165) is 24.2 Å². The van der Waals surface area contributed by atoms with Crippen molar-refractivity contribution in [3.8, 4) is 0 Å². The summed E-state index contributed by atoms with van der Waals surface area (Å²) in [4.78, 5) is 8.63. The van der Waals surface area contributed by atoms with Gasteiger partial charge < -0.3 is 10.1 Å². The van der Waals surface area contributed by atoms with Crippen LogP contribution < -0.4 is 5.32 Å². The van der Waals surface area contributed by atoms with Crippen molar-refractivity contribution in [1.82, 2.24) is 9.97 Å². The molecule has 2 aliphatic rings. The Hall–Kier alpha value is -1.86. The third-order valence-electron chi connectivity index (χ3n) is 4.77. The van der Waals surface area contributed by atoms with E-state index in [9.17, 15) is 13.2 Å². The molecule has 1 atom stereocenters. The lowest BCUT2D eigenvalue weighted by Gasteiger charge is -2.27. The van der Waals surface area contributed by atoms with Gasteiger partial charge in [0.15, 0.2) is 0 Å². The molecule has 1 aromatic heterocycles. The SMILES string of the molecule is FC(F)(F)c1ccc(C2COCc3c(NCC4CC4)nc(Cl)nc32)cc1. The van der Waals surface area contributed by atoms with Crippen molar-refractivity contribution >= 4 is 17.4 Å². The van der Waals surface area contributed by atoms with E-state index < -0.39 is 11.7 Å². The predicted octanol–water partition coefficient (Wildman–Crippen LogP) is 4.63. The first-order chi connectivity index (χ1) is 12.4. The van der Waals surface area contributed by atoms with Crippen LogP contribution in [-0.2, 0) is 17.5 Å². The first kappa shape index (κ1) is 17.5. The molecular weight excluding hydrogens is 367 g/mol. The lowest BCUT2D eigenvalue weighted by Crippen LogP contribution is -2.22. The molecule has 1 fully saturated rings. The Morgan fingerprint density at radius 1 is 1.15 bits per heavy atom. The minimum atomic E-state index is -4.36. The Kier molecular flexibility index (Phi) is 4.52. The topological polar surface area (TPSA) is 47.0 Å². The van der Waals surface area contributed by atoms with E-state index in [-0.39, 0.29) is 11.2 Å². The van der Waals surface area contributed by atoms with Gasteiger partial charge in [-0.05, 0) is 48.1 Å².